The lowest BCUT2D eigenvalue weighted by Crippen LogP contribution is -2.44. The minimum absolute atomic E-state index is 0.268. The van der Waals surface area contributed by atoms with Gasteiger partial charge in [-0.05, 0) is 29.8 Å². The summed E-state index contributed by atoms with van der Waals surface area (Å²) < 4.78 is 0. The van der Waals surface area contributed by atoms with Crippen LogP contribution < -0.4 is 16.2 Å². The van der Waals surface area contributed by atoms with Gasteiger partial charge in [0.1, 0.15) is 6.04 Å². The molecule has 0 spiro atoms. The number of nitrogens with one attached hydrogen (secondary N) is 3. The van der Waals surface area contributed by atoms with E-state index in [-0.39, 0.29) is 11.8 Å². The first-order valence-corrected chi connectivity index (χ1v) is 8.26. The normalized spacial score (nSPS) is 11.4. The third-order valence-corrected chi connectivity index (χ3v) is 3.80. The van der Waals surface area contributed by atoms with Crippen molar-refractivity contribution in [1.82, 2.24) is 10.9 Å². The van der Waals surface area contributed by atoms with Crippen molar-refractivity contribution >= 4 is 17.5 Å². The van der Waals surface area contributed by atoms with Gasteiger partial charge in [-0.25, -0.2) is 5.43 Å². The van der Waals surface area contributed by atoms with E-state index in [0.29, 0.717) is 11.3 Å². The molecule has 0 radical (unpaired) electrons. The monoisotopic (exact) mass is 345 g/mol. The van der Waals surface area contributed by atoms with Crippen molar-refractivity contribution in [3.05, 3.63) is 102 Å². The fourth-order valence-corrected chi connectivity index (χ4v) is 2.48. The van der Waals surface area contributed by atoms with Gasteiger partial charge < -0.3 is 5.32 Å². The molecule has 0 aliphatic carbocycles. The molecule has 0 saturated heterocycles. The summed E-state index contributed by atoms with van der Waals surface area (Å²) in [5.74, 6) is -0.574. The zero-order valence-electron chi connectivity index (χ0n) is 14.1. The second kappa shape index (κ2) is 8.60. The molecule has 0 heterocycles. The number of hydrogen-bond acceptors (Lipinski definition) is 3. The average Bonchev–Trinajstić information content (AvgIpc) is 2.70. The summed E-state index contributed by atoms with van der Waals surface area (Å²) in [4.78, 5) is 25.0. The highest BCUT2D eigenvalue weighted by Gasteiger charge is 2.21. The van der Waals surface area contributed by atoms with Gasteiger partial charge in [0.05, 0.1) is 0 Å². The second-order valence-corrected chi connectivity index (χ2v) is 5.66. The predicted molar refractivity (Wildman–Crippen MR) is 101 cm³/mol. The molecule has 0 aliphatic heterocycles. The van der Waals surface area contributed by atoms with E-state index < -0.39 is 6.04 Å². The van der Waals surface area contributed by atoms with Gasteiger partial charge in [-0.1, -0.05) is 66.7 Å². The Morgan fingerprint density at radius 3 is 1.85 bits per heavy atom. The van der Waals surface area contributed by atoms with Crippen LogP contribution in [0.25, 0.3) is 0 Å². The van der Waals surface area contributed by atoms with Crippen LogP contribution in [-0.4, -0.2) is 11.8 Å². The Kier molecular flexibility index (Phi) is 5.75. The Hall–Kier alpha value is -3.44. The first kappa shape index (κ1) is 17.4. The third kappa shape index (κ3) is 4.55. The Bertz CT molecular complexity index is 852. The molecule has 0 saturated carbocycles. The number of anilines is 1. The molecule has 0 bridgehead atoms. The zero-order valence-corrected chi connectivity index (χ0v) is 14.1. The summed E-state index contributed by atoms with van der Waals surface area (Å²) in [7, 11) is 0. The van der Waals surface area contributed by atoms with E-state index in [1.807, 2.05) is 66.7 Å². The van der Waals surface area contributed by atoms with E-state index in [9.17, 15) is 9.59 Å². The predicted octanol–water partition coefficient (Wildman–Crippen LogP) is 3.30. The van der Waals surface area contributed by atoms with E-state index in [2.05, 4.69) is 16.2 Å². The van der Waals surface area contributed by atoms with Crippen molar-refractivity contribution < 1.29 is 9.59 Å². The van der Waals surface area contributed by atoms with Crippen molar-refractivity contribution in [2.45, 2.75) is 6.04 Å². The first-order chi connectivity index (χ1) is 12.7. The van der Waals surface area contributed by atoms with Crippen molar-refractivity contribution in [2.75, 3.05) is 5.32 Å². The molecule has 3 aromatic carbocycles. The average molecular weight is 345 g/mol. The molecule has 26 heavy (non-hydrogen) atoms. The number of hydrazine groups is 1. The molecule has 0 fully saturated rings. The van der Waals surface area contributed by atoms with Crippen molar-refractivity contribution in [3.63, 3.8) is 0 Å². The molecular formula is C21H19N3O2. The molecule has 5 heteroatoms. The Labute approximate surface area is 152 Å². The summed E-state index contributed by atoms with van der Waals surface area (Å²) >= 11 is 0. The van der Waals surface area contributed by atoms with Crippen LogP contribution in [0.1, 0.15) is 22.0 Å². The van der Waals surface area contributed by atoms with Gasteiger partial charge in [0.25, 0.3) is 5.91 Å². The van der Waals surface area contributed by atoms with Gasteiger partial charge in [-0.15, -0.1) is 0 Å². The SMILES string of the molecule is O=C(NNC(C(=O)Nc1ccccc1)c1ccccc1)c1ccccc1. The molecule has 3 N–H and O–H groups in total. The summed E-state index contributed by atoms with van der Waals surface area (Å²) in [5, 5.41) is 2.85. The van der Waals surface area contributed by atoms with Gasteiger partial charge in [0, 0.05) is 11.3 Å². The lowest BCUT2D eigenvalue weighted by Gasteiger charge is -2.19. The van der Waals surface area contributed by atoms with Crippen LogP contribution in [0, 0.1) is 0 Å². The maximum Gasteiger partial charge on any atom is 0.265 e. The van der Waals surface area contributed by atoms with E-state index in [0.717, 1.165) is 5.56 Å². The molecule has 1 unspecified atom stereocenters. The number of para-hydroxylation sites is 1. The smallest absolute Gasteiger partial charge is 0.265 e. The molecule has 1 atom stereocenters. The van der Waals surface area contributed by atoms with E-state index in [1.165, 1.54) is 0 Å². The van der Waals surface area contributed by atoms with Crippen LogP contribution in [0.2, 0.25) is 0 Å². The molecule has 130 valence electrons. The molecule has 3 aromatic rings. The second-order valence-electron chi connectivity index (χ2n) is 5.66. The minimum atomic E-state index is -0.732. The van der Waals surface area contributed by atoms with Crippen molar-refractivity contribution in [1.29, 1.82) is 0 Å². The third-order valence-electron chi connectivity index (χ3n) is 3.80. The fraction of sp³-hybridized carbons (Fsp3) is 0.0476. The number of carbonyl (C=O) groups is 2. The molecule has 0 aliphatic rings. The molecule has 2 amide bonds. The van der Waals surface area contributed by atoms with Gasteiger partial charge in [-0.2, -0.15) is 0 Å². The van der Waals surface area contributed by atoms with Crippen LogP contribution in [-0.2, 0) is 4.79 Å². The highest BCUT2D eigenvalue weighted by molar-refractivity contribution is 5.97. The van der Waals surface area contributed by atoms with Gasteiger partial charge in [0.15, 0.2) is 0 Å². The van der Waals surface area contributed by atoms with Crippen LogP contribution in [0.4, 0.5) is 5.69 Å². The largest absolute Gasteiger partial charge is 0.324 e. The van der Waals surface area contributed by atoms with E-state index in [1.54, 1.807) is 24.3 Å². The van der Waals surface area contributed by atoms with Gasteiger partial charge >= 0.3 is 0 Å². The van der Waals surface area contributed by atoms with Gasteiger partial charge in [0.2, 0.25) is 5.91 Å². The lowest BCUT2D eigenvalue weighted by atomic mass is 10.1. The summed E-state index contributed by atoms with van der Waals surface area (Å²) in [6.45, 7) is 0. The summed E-state index contributed by atoms with van der Waals surface area (Å²) in [6.07, 6.45) is 0. The van der Waals surface area contributed by atoms with Crippen LogP contribution in [0.3, 0.4) is 0 Å². The number of carbonyl (C=O) groups excluding carboxylic acids is 2. The molecule has 5 nitrogen and oxygen atoms in total. The maximum atomic E-state index is 12.7. The fourth-order valence-electron chi connectivity index (χ4n) is 2.48. The van der Waals surface area contributed by atoms with Crippen molar-refractivity contribution in [3.8, 4) is 0 Å². The van der Waals surface area contributed by atoms with Crippen LogP contribution in [0.15, 0.2) is 91.0 Å². The Balaban J connectivity index is 1.73. The minimum Gasteiger partial charge on any atom is -0.324 e. The standard InChI is InChI=1S/C21H19N3O2/c25-20(17-12-6-2-7-13-17)24-23-19(16-10-4-1-5-11-16)21(26)22-18-14-8-3-9-15-18/h1-15,19,23H,(H,22,26)(H,24,25). The van der Waals surface area contributed by atoms with Crippen LogP contribution in [0.5, 0.6) is 0 Å². The highest BCUT2D eigenvalue weighted by Crippen LogP contribution is 2.15. The highest BCUT2D eigenvalue weighted by atomic mass is 16.2. The van der Waals surface area contributed by atoms with E-state index in [4.69, 9.17) is 0 Å². The van der Waals surface area contributed by atoms with Crippen LogP contribution >= 0.6 is 0 Å². The summed E-state index contributed by atoms with van der Waals surface area (Å²) in [6, 6.07) is 26.5. The van der Waals surface area contributed by atoms with Gasteiger partial charge in [-0.3, -0.25) is 15.0 Å². The zero-order chi connectivity index (χ0) is 18.2. The number of amides is 2. The summed E-state index contributed by atoms with van der Waals surface area (Å²) in [5.41, 5.74) is 7.40. The lowest BCUT2D eigenvalue weighted by molar-refractivity contribution is -0.118. The Morgan fingerprint density at radius 2 is 1.23 bits per heavy atom. The maximum absolute atomic E-state index is 12.7. The molecule has 3 rings (SSSR count). The molecule has 0 aromatic heterocycles. The topological polar surface area (TPSA) is 70.2 Å². The number of rotatable bonds is 6. The quantitative estimate of drug-likeness (QED) is 0.600. The van der Waals surface area contributed by atoms with E-state index >= 15 is 0 Å². The Morgan fingerprint density at radius 1 is 0.692 bits per heavy atom. The number of hydrogen-bond donors (Lipinski definition) is 3. The molecular weight excluding hydrogens is 326 g/mol. The number of benzene rings is 3. The van der Waals surface area contributed by atoms with Crippen molar-refractivity contribution in [2.24, 2.45) is 0 Å². The first-order valence-electron chi connectivity index (χ1n) is 8.26.